The predicted octanol–water partition coefficient (Wildman–Crippen LogP) is 3.46. The number of benzene rings is 1. The first kappa shape index (κ1) is 14.5. The van der Waals surface area contributed by atoms with Crippen molar-refractivity contribution in [2.45, 2.75) is 19.4 Å². The molecule has 1 aromatic carbocycles. The van der Waals surface area contributed by atoms with Crippen LogP contribution >= 0.6 is 27.7 Å². The van der Waals surface area contributed by atoms with E-state index in [1.807, 2.05) is 13.2 Å². The lowest BCUT2D eigenvalue weighted by molar-refractivity contribution is 0.0936. The maximum absolute atomic E-state index is 13.7. The second kappa shape index (κ2) is 7.01. The molecule has 5 heteroatoms. The number of hydrogen-bond donors (Lipinski definition) is 1. The number of nitrogens with one attached hydrogen (secondary N) is 1. The summed E-state index contributed by atoms with van der Waals surface area (Å²) in [6, 6.07) is 4.79. The van der Waals surface area contributed by atoms with Gasteiger partial charge in [0.25, 0.3) is 5.91 Å². The topological polar surface area (TPSA) is 29.1 Å². The van der Waals surface area contributed by atoms with Crippen LogP contribution in [-0.2, 0) is 0 Å². The van der Waals surface area contributed by atoms with Crippen LogP contribution in [0.3, 0.4) is 0 Å². The van der Waals surface area contributed by atoms with Crippen molar-refractivity contribution in [2.24, 2.45) is 0 Å². The maximum atomic E-state index is 13.7. The Hall–Kier alpha value is -0.550. The van der Waals surface area contributed by atoms with Crippen LogP contribution in [0.1, 0.15) is 23.7 Å². The van der Waals surface area contributed by atoms with Gasteiger partial charge >= 0.3 is 0 Å². The molecule has 0 aromatic heterocycles. The third-order valence-corrected chi connectivity index (χ3v) is 3.74. The molecule has 1 aromatic rings. The molecule has 0 saturated carbocycles. The van der Waals surface area contributed by atoms with Gasteiger partial charge in [0.1, 0.15) is 5.82 Å². The summed E-state index contributed by atoms with van der Waals surface area (Å²) in [7, 11) is 0. The highest BCUT2D eigenvalue weighted by Crippen LogP contribution is 2.18. The molecule has 0 bridgehead atoms. The van der Waals surface area contributed by atoms with E-state index < -0.39 is 5.82 Å². The maximum Gasteiger partial charge on any atom is 0.254 e. The summed E-state index contributed by atoms with van der Waals surface area (Å²) in [5, 5.41) is 2.83. The lowest BCUT2D eigenvalue weighted by Crippen LogP contribution is -2.36. The molecule has 0 radical (unpaired) electrons. The van der Waals surface area contributed by atoms with Gasteiger partial charge in [-0.25, -0.2) is 4.39 Å². The van der Waals surface area contributed by atoms with Crippen molar-refractivity contribution in [2.75, 3.05) is 12.0 Å². The van der Waals surface area contributed by atoms with Gasteiger partial charge in [0, 0.05) is 11.8 Å². The molecule has 0 saturated heterocycles. The van der Waals surface area contributed by atoms with Crippen LogP contribution in [0, 0.1) is 5.82 Å². The third-order valence-electron chi connectivity index (χ3n) is 2.39. The van der Waals surface area contributed by atoms with Crippen LogP contribution in [0.25, 0.3) is 0 Å². The fourth-order valence-electron chi connectivity index (χ4n) is 1.41. The highest BCUT2D eigenvalue weighted by Gasteiger charge is 2.16. The smallest absolute Gasteiger partial charge is 0.254 e. The molecule has 94 valence electrons. The molecule has 0 heterocycles. The van der Waals surface area contributed by atoms with Gasteiger partial charge in [0.05, 0.1) is 10.0 Å². The SMILES string of the molecule is CCC(CSC)NC(=O)c1cccc(Br)c1F. The van der Waals surface area contributed by atoms with Crippen molar-refractivity contribution < 1.29 is 9.18 Å². The Balaban J connectivity index is 2.79. The van der Waals surface area contributed by atoms with Crippen LogP contribution < -0.4 is 5.32 Å². The monoisotopic (exact) mass is 319 g/mol. The fourth-order valence-corrected chi connectivity index (χ4v) is 2.49. The standard InChI is InChI=1S/C12H15BrFNOS/c1-3-8(7-17-2)15-12(16)9-5-4-6-10(13)11(9)14/h4-6,8H,3,7H2,1-2H3,(H,15,16). The molecule has 2 nitrogen and oxygen atoms in total. The summed E-state index contributed by atoms with van der Waals surface area (Å²) >= 11 is 4.73. The zero-order valence-electron chi connectivity index (χ0n) is 9.80. The van der Waals surface area contributed by atoms with Crippen molar-refractivity contribution in [3.63, 3.8) is 0 Å². The van der Waals surface area contributed by atoms with Crippen LogP contribution in [0.2, 0.25) is 0 Å². The summed E-state index contributed by atoms with van der Waals surface area (Å²) in [5.74, 6) is -0.0357. The van der Waals surface area contributed by atoms with Crippen molar-refractivity contribution in [3.8, 4) is 0 Å². The number of carbonyl (C=O) groups is 1. The molecule has 0 fully saturated rings. The first-order valence-electron chi connectivity index (χ1n) is 5.34. The Labute approximate surface area is 113 Å². The van der Waals surface area contributed by atoms with Gasteiger partial charge in [-0.05, 0) is 40.7 Å². The molecule has 1 N–H and O–H groups in total. The lowest BCUT2D eigenvalue weighted by Gasteiger charge is -2.16. The van der Waals surface area contributed by atoms with Crippen molar-refractivity contribution in [3.05, 3.63) is 34.1 Å². The Morgan fingerprint density at radius 2 is 2.29 bits per heavy atom. The van der Waals surface area contributed by atoms with E-state index >= 15 is 0 Å². The minimum Gasteiger partial charge on any atom is -0.348 e. The highest BCUT2D eigenvalue weighted by molar-refractivity contribution is 9.10. The molecule has 17 heavy (non-hydrogen) atoms. The second-order valence-electron chi connectivity index (χ2n) is 3.64. The lowest BCUT2D eigenvalue weighted by atomic mass is 10.1. The summed E-state index contributed by atoms with van der Waals surface area (Å²) in [4.78, 5) is 11.9. The van der Waals surface area contributed by atoms with Crippen molar-refractivity contribution >= 4 is 33.6 Å². The van der Waals surface area contributed by atoms with Crippen LogP contribution in [0.5, 0.6) is 0 Å². The van der Waals surface area contributed by atoms with E-state index in [-0.39, 0.29) is 17.5 Å². The molecular weight excluding hydrogens is 305 g/mol. The molecule has 0 aliphatic rings. The number of thioether (sulfide) groups is 1. The van der Waals surface area contributed by atoms with Crippen LogP contribution in [0.15, 0.2) is 22.7 Å². The highest BCUT2D eigenvalue weighted by atomic mass is 79.9. The Morgan fingerprint density at radius 1 is 1.59 bits per heavy atom. The zero-order chi connectivity index (χ0) is 12.8. The van der Waals surface area contributed by atoms with Crippen molar-refractivity contribution in [1.29, 1.82) is 0 Å². The van der Waals surface area contributed by atoms with Gasteiger partial charge in [-0.1, -0.05) is 13.0 Å². The van der Waals surface area contributed by atoms with E-state index in [4.69, 9.17) is 0 Å². The average Bonchev–Trinajstić information content (AvgIpc) is 2.31. The van der Waals surface area contributed by atoms with Gasteiger partial charge in [-0.3, -0.25) is 4.79 Å². The summed E-state index contributed by atoms with van der Waals surface area (Å²) in [6.45, 7) is 2.00. The molecular formula is C12H15BrFNOS. The average molecular weight is 320 g/mol. The van der Waals surface area contributed by atoms with E-state index in [0.717, 1.165) is 12.2 Å². The predicted molar refractivity (Wildman–Crippen MR) is 74.0 cm³/mol. The van der Waals surface area contributed by atoms with E-state index in [9.17, 15) is 9.18 Å². The molecule has 1 rings (SSSR count). The molecule has 1 amide bonds. The Bertz CT molecular complexity index is 400. The summed E-state index contributed by atoms with van der Waals surface area (Å²) < 4.78 is 14.0. The van der Waals surface area contributed by atoms with E-state index in [1.165, 1.54) is 6.07 Å². The normalized spacial score (nSPS) is 12.2. The fraction of sp³-hybridized carbons (Fsp3) is 0.417. The van der Waals surface area contributed by atoms with Gasteiger partial charge in [-0.15, -0.1) is 0 Å². The van der Waals surface area contributed by atoms with Gasteiger partial charge in [-0.2, -0.15) is 11.8 Å². The van der Waals surface area contributed by atoms with Crippen molar-refractivity contribution in [1.82, 2.24) is 5.32 Å². The van der Waals surface area contributed by atoms with Gasteiger partial charge < -0.3 is 5.32 Å². The molecule has 1 unspecified atom stereocenters. The molecule has 0 aliphatic carbocycles. The number of hydrogen-bond acceptors (Lipinski definition) is 2. The van der Waals surface area contributed by atoms with Gasteiger partial charge in [0.2, 0.25) is 0 Å². The first-order valence-corrected chi connectivity index (χ1v) is 7.52. The Kier molecular flexibility index (Phi) is 5.98. The minimum atomic E-state index is -0.510. The number of halogens is 2. The van der Waals surface area contributed by atoms with Crippen LogP contribution in [0.4, 0.5) is 4.39 Å². The van der Waals surface area contributed by atoms with Crippen LogP contribution in [-0.4, -0.2) is 24.0 Å². The quantitative estimate of drug-likeness (QED) is 0.900. The molecule has 0 spiro atoms. The Morgan fingerprint density at radius 3 is 2.88 bits per heavy atom. The molecule has 0 aliphatic heterocycles. The number of amides is 1. The van der Waals surface area contributed by atoms with E-state index in [0.29, 0.717) is 4.47 Å². The summed E-state index contributed by atoms with van der Waals surface area (Å²) in [6.07, 6.45) is 2.82. The summed E-state index contributed by atoms with van der Waals surface area (Å²) in [5.41, 5.74) is 0.0823. The largest absolute Gasteiger partial charge is 0.348 e. The molecule has 1 atom stereocenters. The first-order chi connectivity index (χ1) is 8.10. The minimum absolute atomic E-state index is 0.0795. The zero-order valence-corrected chi connectivity index (χ0v) is 12.2. The van der Waals surface area contributed by atoms with Gasteiger partial charge in [0.15, 0.2) is 0 Å². The second-order valence-corrected chi connectivity index (χ2v) is 5.40. The number of rotatable bonds is 5. The number of carbonyl (C=O) groups excluding carboxylic acids is 1. The third kappa shape index (κ3) is 4.00. The van der Waals surface area contributed by atoms with E-state index in [2.05, 4.69) is 21.2 Å². The van der Waals surface area contributed by atoms with E-state index in [1.54, 1.807) is 23.9 Å².